The third-order valence-corrected chi connectivity index (χ3v) is 2.42. The Morgan fingerprint density at radius 2 is 2.29 bits per heavy atom. The van der Waals surface area contributed by atoms with E-state index in [1.165, 1.54) is 18.2 Å². The van der Waals surface area contributed by atoms with E-state index >= 15 is 0 Å². The molecule has 0 aliphatic heterocycles. The first kappa shape index (κ1) is 10.7. The molecule has 0 bridgehead atoms. The number of nitrogens with two attached hydrogens (primary N) is 1. The first-order chi connectivity index (χ1) is 6.56. The second-order valence-corrected chi connectivity index (χ2v) is 3.52. The Balaban J connectivity index is 3.13. The fraction of sp³-hybridized carbons (Fsp3) is 0.111. The Morgan fingerprint density at radius 1 is 1.64 bits per heavy atom. The second kappa shape index (κ2) is 4.22. The third-order valence-electron chi connectivity index (χ3n) is 1.73. The van der Waals surface area contributed by atoms with Crippen molar-refractivity contribution in [2.45, 2.75) is 6.04 Å². The van der Waals surface area contributed by atoms with Gasteiger partial charge in [-0.2, -0.15) is 5.26 Å². The van der Waals surface area contributed by atoms with Crippen molar-refractivity contribution in [1.82, 2.24) is 0 Å². The Labute approximate surface area is 89.1 Å². The molecule has 0 radical (unpaired) electrons. The Bertz CT molecular complexity index is 412. The normalized spacial score (nSPS) is 11.8. The van der Waals surface area contributed by atoms with Gasteiger partial charge in [0.2, 0.25) is 0 Å². The van der Waals surface area contributed by atoms with Crippen LogP contribution in [0.5, 0.6) is 0 Å². The van der Waals surface area contributed by atoms with Gasteiger partial charge in [-0.3, -0.25) is 4.79 Å². The number of carbonyl (C=O) groups is 1. The first-order valence-corrected chi connectivity index (χ1v) is 4.53. The monoisotopic (exact) mass is 254 g/mol. The highest BCUT2D eigenvalue weighted by Crippen LogP contribution is 2.23. The largest absolute Gasteiger partial charge is 0.480 e. The zero-order valence-electron chi connectivity index (χ0n) is 7.07. The van der Waals surface area contributed by atoms with Crippen molar-refractivity contribution in [1.29, 1.82) is 5.26 Å². The Morgan fingerprint density at radius 3 is 2.71 bits per heavy atom. The summed E-state index contributed by atoms with van der Waals surface area (Å²) in [6.45, 7) is 0. The van der Waals surface area contributed by atoms with Crippen LogP contribution in [0.15, 0.2) is 22.7 Å². The molecule has 0 saturated heterocycles. The van der Waals surface area contributed by atoms with Gasteiger partial charge in [0.05, 0.1) is 11.6 Å². The molecule has 5 heteroatoms. The molecule has 0 aliphatic carbocycles. The number of carboxylic acid groups (broad SMARTS) is 1. The highest BCUT2D eigenvalue weighted by atomic mass is 79.9. The lowest BCUT2D eigenvalue weighted by molar-refractivity contribution is -0.138. The lowest BCUT2D eigenvalue weighted by Crippen LogP contribution is -2.21. The van der Waals surface area contributed by atoms with Crippen molar-refractivity contribution in [3.05, 3.63) is 33.8 Å². The third kappa shape index (κ3) is 2.10. The average molecular weight is 255 g/mol. The molecule has 72 valence electrons. The van der Waals surface area contributed by atoms with Crippen LogP contribution in [0.1, 0.15) is 17.2 Å². The molecule has 1 rings (SSSR count). The van der Waals surface area contributed by atoms with Crippen LogP contribution >= 0.6 is 15.9 Å². The van der Waals surface area contributed by atoms with E-state index in [1.54, 1.807) is 0 Å². The summed E-state index contributed by atoms with van der Waals surface area (Å²) >= 11 is 3.16. The van der Waals surface area contributed by atoms with Crippen molar-refractivity contribution in [3.8, 4) is 6.07 Å². The summed E-state index contributed by atoms with van der Waals surface area (Å²) in [6, 6.07) is 5.47. The maximum absolute atomic E-state index is 10.6. The molecule has 14 heavy (non-hydrogen) atoms. The van der Waals surface area contributed by atoms with Crippen LogP contribution in [0.25, 0.3) is 0 Å². The van der Waals surface area contributed by atoms with Crippen molar-refractivity contribution in [3.63, 3.8) is 0 Å². The Kier molecular flexibility index (Phi) is 3.23. The van der Waals surface area contributed by atoms with Crippen LogP contribution in [-0.2, 0) is 4.79 Å². The molecule has 0 aliphatic rings. The fourth-order valence-electron chi connectivity index (χ4n) is 0.982. The second-order valence-electron chi connectivity index (χ2n) is 2.66. The van der Waals surface area contributed by atoms with Crippen LogP contribution in [0.3, 0.4) is 0 Å². The molecule has 3 N–H and O–H groups in total. The topological polar surface area (TPSA) is 87.1 Å². The van der Waals surface area contributed by atoms with Crippen molar-refractivity contribution < 1.29 is 9.90 Å². The highest BCUT2D eigenvalue weighted by Gasteiger charge is 2.16. The molecular formula is C9H7BrN2O2. The fourth-order valence-corrected chi connectivity index (χ4v) is 1.61. The van der Waals surface area contributed by atoms with Gasteiger partial charge in [0.15, 0.2) is 0 Å². The van der Waals surface area contributed by atoms with Crippen LogP contribution in [0, 0.1) is 11.3 Å². The van der Waals surface area contributed by atoms with Gasteiger partial charge in [-0.15, -0.1) is 0 Å². The smallest absolute Gasteiger partial charge is 0.325 e. The molecule has 0 fully saturated rings. The predicted molar refractivity (Wildman–Crippen MR) is 53.4 cm³/mol. The maximum Gasteiger partial charge on any atom is 0.325 e. The minimum absolute atomic E-state index is 0.455. The molecule has 0 unspecified atom stereocenters. The number of carboxylic acids is 1. The van der Waals surface area contributed by atoms with Crippen molar-refractivity contribution in [2.24, 2.45) is 5.73 Å². The van der Waals surface area contributed by atoms with Crippen LogP contribution in [0.2, 0.25) is 0 Å². The van der Waals surface area contributed by atoms with E-state index in [1.807, 2.05) is 6.07 Å². The lowest BCUT2D eigenvalue weighted by Gasteiger charge is -2.08. The molecule has 0 heterocycles. The van der Waals surface area contributed by atoms with E-state index in [9.17, 15) is 4.79 Å². The van der Waals surface area contributed by atoms with Gasteiger partial charge in [0.1, 0.15) is 6.04 Å². The summed E-state index contributed by atoms with van der Waals surface area (Å²) in [5.41, 5.74) is 6.33. The van der Waals surface area contributed by atoms with Crippen LogP contribution in [-0.4, -0.2) is 11.1 Å². The molecule has 0 amide bonds. The summed E-state index contributed by atoms with van der Waals surface area (Å²) in [4.78, 5) is 10.6. The van der Waals surface area contributed by atoms with Gasteiger partial charge in [-0.25, -0.2) is 0 Å². The van der Waals surface area contributed by atoms with Gasteiger partial charge >= 0.3 is 5.97 Å². The molecular weight excluding hydrogens is 248 g/mol. The zero-order valence-corrected chi connectivity index (χ0v) is 8.65. The van der Waals surface area contributed by atoms with E-state index in [0.29, 0.717) is 15.6 Å². The molecule has 1 aromatic rings. The van der Waals surface area contributed by atoms with E-state index in [2.05, 4.69) is 15.9 Å². The number of benzene rings is 1. The number of aliphatic carboxylic acids is 1. The lowest BCUT2D eigenvalue weighted by atomic mass is 10.1. The summed E-state index contributed by atoms with van der Waals surface area (Å²) in [5, 5.41) is 17.3. The molecule has 0 saturated carbocycles. The number of nitriles is 1. The summed E-state index contributed by atoms with van der Waals surface area (Å²) in [7, 11) is 0. The standard InChI is InChI=1S/C9H7BrN2O2/c10-7-3-5(4-11)1-2-6(7)8(12)9(13)14/h1-3,8H,12H2,(H,13,14)/t8-/m0/s1. The number of rotatable bonds is 2. The van der Waals surface area contributed by atoms with Crippen LogP contribution < -0.4 is 5.73 Å². The molecule has 4 nitrogen and oxygen atoms in total. The van der Waals surface area contributed by atoms with Gasteiger partial charge in [0, 0.05) is 4.47 Å². The Hall–Kier alpha value is -1.38. The van der Waals surface area contributed by atoms with E-state index in [-0.39, 0.29) is 0 Å². The quantitative estimate of drug-likeness (QED) is 0.836. The highest BCUT2D eigenvalue weighted by molar-refractivity contribution is 9.10. The number of hydrogen-bond donors (Lipinski definition) is 2. The minimum Gasteiger partial charge on any atom is -0.480 e. The SMILES string of the molecule is N#Cc1ccc([C@H](N)C(=O)O)c(Br)c1. The van der Waals surface area contributed by atoms with E-state index in [4.69, 9.17) is 16.1 Å². The molecule has 0 aromatic heterocycles. The van der Waals surface area contributed by atoms with Gasteiger partial charge in [-0.1, -0.05) is 22.0 Å². The molecule has 1 aromatic carbocycles. The molecule has 0 spiro atoms. The minimum atomic E-state index is -1.10. The maximum atomic E-state index is 10.6. The zero-order chi connectivity index (χ0) is 10.7. The number of hydrogen-bond acceptors (Lipinski definition) is 3. The first-order valence-electron chi connectivity index (χ1n) is 3.74. The number of halogens is 1. The predicted octanol–water partition coefficient (Wildman–Crippen LogP) is 1.41. The van der Waals surface area contributed by atoms with Crippen molar-refractivity contribution >= 4 is 21.9 Å². The average Bonchev–Trinajstić information content (AvgIpc) is 2.16. The van der Waals surface area contributed by atoms with Gasteiger partial charge in [-0.05, 0) is 17.7 Å². The van der Waals surface area contributed by atoms with Crippen LogP contribution in [0.4, 0.5) is 0 Å². The van der Waals surface area contributed by atoms with Crippen molar-refractivity contribution in [2.75, 3.05) is 0 Å². The van der Waals surface area contributed by atoms with E-state index < -0.39 is 12.0 Å². The summed E-state index contributed by atoms with van der Waals surface area (Å²) in [6.07, 6.45) is 0. The number of nitrogens with zero attached hydrogens (tertiary/aromatic N) is 1. The summed E-state index contributed by atoms with van der Waals surface area (Å²) in [5.74, 6) is -1.10. The molecule has 1 atom stereocenters. The summed E-state index contributed by atoms with van der Waals surface area (Å²) < 4.78 is 0.534. The van der Waals surface area contributed by atoms with Gasteiger partial charge < -0.3 is 10.8 Å². The van der Waals surface area contributed by atoms with E-state index in [0.717, 1.165) is 0 Å². The van der Waals surface area contributed by atoms with Gasteiger partial charge in [0.25, 0.3) is 0 Å².